The first-order valence-corrected chi connectivity index (χ1v) is 20.2. The molecule has 12 rings (SSSR count). The summed E-state index contributed by atoms with van der Waals surface area (Å²) in [7, 11) is 0. The molecule has 5 heteroatoms. The van der Waals surface area contributed by atoms with Crippen LogP contribution in [0.25, 0.3) is 94.2 Å². The lowest BCUT2D eigenvalue weighted by Crippen LogP contribution is -2.10. The highest BCUT2D eigenvalue weighted by Gasteiger charge is 2.21. The van der Waals surface area contributed by atoms with Crippen molar-refractivity contribution in [1.29, 1.82) is 0 Å². The minimum atomic E-state index is 0.596. The molecule has 5 nitrogen and oxygen atoms in total. The first-order chi connectivity index (χ1) is 29.7. The van der Waals surface area contributed by atoms with E-state index in [9.17, 15) is 0 Å². The maximum absolute atomic E-state index is 6.65. The first-order valence-electron chi connectivity index (χ1n) is 20.2. The van der Waals surface area contributed by atoms with Crippen LogP contribution in [-0.4, -0.2) is 9.55 Å². The Morgan fingerprint density at radius 2 is 1.03 bits per heavy atom. The van der Waals surface area contributed by atoms with Gasteiger partial charge in [0.1, 0.15) is 16.7 Å². The summed E-state index contributed by atoms with van der Waals surface area (Å²) >= 11 is 0. The van der Waals surface area contributed by atoms with Crippen molar-refractivity contribution in [3.8, 4) is 39.4 Å². The molecule has 0 aliphatic carbocycles. The second-order valence-electron chi connectivity index (χ2n) is 15.1. The Balaban J connectivity index is 0.997. The van der Waals surface area contributed by atoms with Gasteiger partial charge in [0.2, 0.25) is 5.89 Å². The third kappa shape index (κ3) is 5.52. The number of benzene rings is 9. The summed E-state index contributed by atoms with van der Waals surface area (Å²) in [5.74, 6) is 0.596. The molecule has 0 atom stereocenters. The summed E-state index contributed by atoms with van der Waals surface area (Å²) in [6, 6.07) is 74.6. The van der Waals surface area contributed by atoms with Crippen LogP contribution in [0.3, 0.4) is 0 Å². The van der Waals surface area contributed by atoms with Crippen LogP contribution in [0.4, 0.5) is 17.1 Å². The van der Waals surface area contributed by atoms with E-state index in [0.29, 0.717) is 5.89 Å². The molecular formula is C55H35N3O2. The average Bonchev–Trinajstić information content (AvgIpc) is 4.02. The van der Waals surface area contributed by atoms with Crippen LogP contribution in [0.2, 0.25) is 0 Å². The number of rotatable bonds is 7. The first kappa shape index (κ1) is 33.9. The zero-order valence-electron chi connectivity index (χ0n) is 32.4. The van der Waals surface area contributed by atoms with Gasteiger partial charge in [-0.1, -0.05) is 127 Å². The summed E-state index contributed by atoms with van der Waals surface area (Å²) in [6.45, 7) is 0. The summed E-state index contributed by atoms with van der Waals surface area (Å²) in [5.41, 5.74) is 15.2. The van der Waals surface area contributed by atoms with Crippen molar-refractivity contribution >= 4 is 71.9 Å². The second kappa shape index (κ2) is 13.8. The molecule has 0 fully saturated rings. The van der Waals surface area contributed by atoms with Gasteiger partial charge in [-0.2, -0.15) is 0 Å². The maximum Gasteiger partial charge on any atom is 0.227 e. The highest BCUT2D eigenvalue weighted by atomic mass is 16.4. The van der Waals surface area contributed by atoms with Crippen molar-refractivity contribution in [3.63, 3.8) is 0 Å². The molecule has 3 aromatic heterocycles. The molecule has 0 saturated heterocycles. The molecule has 282 valence electrons. The minimum absolute atomic E-state index is 0.596. The number of hydrogen-bond donors (Lipinski definition) is 0. The van der Waals surface area contributed by atoms with E-state index in [4.69, 9.17) is 13.8 Å². The fourth-order valence-corrected chi connectivity index (χ4v) is 8.85. The lowest BCUT2D eigenvalue weighted by atomic mass is 10.0. The van der Waals surface area contributed by atoms with Crippen molar-refractivity contribution in [2.75, 3.05) is 4.90 Å². The molecule has 0 bridgehead atoms. The number of furan rings is 1. The third-order valence-electron chi connectivity index (χ3n) is 11.6. The van der Waals surface area contributed by atoms with Gasteiger partial charge < -0.3 is 18.3 Å². The van der Waals surface area contributed by atoms with Crippen LogP contribution in [0.15, 0.2) is 221 Å². The molecular weight excluding hydrogens is 735 g/mol. The largest absolute Gasteiger partial charge is 0.455 e. The van der Waals surface area contributed by atoms with E-state index >= 15 is 0 Å². The van der Waals surface area contributed by atoms with Gasteiger partial charge >= 0.3 is 0 Å². The Morgan fingerprint density at radius 1 is 0.400 bits per heavy atom. The van der Waals surface area contributed by atoms with Gasteiger partial charge in [0, 0.05) is 50.0 Å². The SMILES string of the molecule is c1ccc(-c2cccc(N(c3ccc(-c4cccc5c4oc4ccc6oc(-c7ccccc7)nc6c45)cc3)c3ccc4c(c3)c3ccccc3n4-c3ccccc3)c2)cc1. The summed E-state index contributed by atoms with van der Waals surface area (Å²) in [6.07, 6.45) is 0. The zero-order valence-corrected chi connectivity index (χ0v) is 32.4. The van der Waals surface area contributed by atoms with Crippen molar-refractivity contribution in [3.05, 3.63) is 212 Å². The van der Waals surface area contributed by atoms with Gasteiger partial charge in [-0.05, 0) is 102 Å². The Labute approximate surface area is 345 Å². The Morgan fingerprint density at radius 3 is 1.85 bits per heavy atom. The topological polar surface area (TPSA) is 47.3 Å². The van der Waals surface area contributed by atoms with E-state index in [1.807, 2.05) is 42.5 Å². The van der Waals surface area contributed by atoms with Crippen molar-refractivity contribution in [2.24, 2.45) is 0 Å². The molecule has 0 unspecified atom stereocenters. The standard InChI is InChI=1S/C55H35N3O2/c1-4-14-36(15-5-1)39-18-12-21-42(34-39)57(43-30-31-49-47(35-43)45-22-10-11-25-48(45)58(49)40-19-8-3-9-20-40)41-28-26-37(27-29-41)44-23-13-24-46-52-50(59-54(44)46)32-33-51-53(52)56-55(60-51)38-16-6-2-7-17-38/h1-35H. The van der Waals surface area contributed by atoms with Crippen LogP contribution >= 0.6 is 0 Å². The Hall–Kier alpha value is -8.15. The Kier molecular flexibility index (Phi) is 7.78. The van der Waals surface area contributed by atoms with Gasteiger partial charge in [0.25, 0.3) is 0 Å². The molecule has 12 aromatic rings. The number of oxazole rings is 1. The molecule has 0 saturated carbocycles. The lowest BCUT2D eigenvalue weighted by Gasteiger charge is -2.26. The smallest absolute Gasteiger partial charge is 0.227 e. The number of para-hydroxylation sites is 3. The summed E-state index contributed by atoms with van der Waals surface area (Å²) < 4.78 is 15.3. The highest BCUT2D eigenvalue weighted by molar-refractivity contribution is 6.19. The zero-order chi connectivity index (χ0) is 39.6. The minimum Gasteiger partial charge on any atom is -0.455 e. The third-order valence-corrected chi connectivity index (χ3v) is 11.6. The van der Waals surface area contributed by atoms with E-state index < -0.39 is 0 Å². The molecule has 60 heavy (non-hydrogen) atoms. The van der Waals surface area contributed by atoms with Crippen LogP contribution in [0.5, 0.6) is 0 Å². The van der Waals surface area contributed by atoms with Crippen LogP contribution in [-0.2, 0) is 0 Å². The number of fused-ring (bicyclic) bond motifs is 8. The predicted octanol–water partition coefficient (Wildman–Crippen LogP) is 15.3. The van der Waals surface area contributed by atoms with Gasteiger partial charge in [0.15, 0.2) is 5.58 Å². The highest BCUT2D eigenvalue weighted by Crippen LogP contribution is 2.43. The number of hydrogen-bond acceptors (Lipinski definition) is 4. The molecule has 0 N–H and O–H groups in total. The van der Waals surface area contributed by atoms with Crippen molar-refractivity contribution in [2.45, 2.75) is 0 Å². The summed E-state index contributed by atoms with van der Waals surface area (Å²) in [4.78, 5) is 7.33. The fraction of sp³-hybridized carbons (Fsp3) is 0. The van der Waals surface area contributed by atoms with Gasteiger partial charge in [-0.15, -0.1) is 0 Å². The van der Waals surface area contributed by atoms with Crippen LogP contribution in [0.1, 0.15) is 0 Å². The van der Waals surface area contributed by atoms with Gasteiger partial charge in [-0.25, -0.2) is 4.98 Å². The van der Waals surface area contributed by atoms with E-state index in [2.05, 4.69) is 179 Å². The van der Waals surface area contributed by atoms with E-state index in [1.165, 1.54) is 21.9 Å². The van der Waals surface area contributed by atoms with E-state index in [-0.39, 0.29) is 0 Å². The van der Waals surface area contributed by atoms with Crippen molar-refractivity contribution in [1.82, 2.24) is 9.55 Å². The van der Waals surface area contributed by atoms with Crippen LogP contribution < -0.4 is 4.90 Å². The number of nitrogens with zero attached hydrogens (tertiary/aromatic N) is 3. The molecule has 0 amide bonds. The molecule has 0 aliphatic rings. The van der Waals surface area contributed by atoms with Crippen molar-refractivity contribution < 1.29 is 8.83 Å². The van der Waals surface area contributed by atoms with E-state index in [1.54, 1.807) is 0 Å². The number of anilines is 3. The Bertz CT molecular complexity index is 3530. The molecule has 3 heterocycles. The normalized spacial score (nSPS) is 11.7. The predicted molar refractivity (Wildman–Crippen MR) is 247 cm³/mol. The maximum atomic E-state index is 6.65. The number of aromatic nitrogens is 2. The van der Waals surface area contributed by atoms with E-state index in [0.717, 1.165) is 83.6 Å². The monoisotopic (exact) mass is 769 g/mol. The average molecular weight is 770 g/mol. The van der Waals surface area contributed by atoms with Gasteiger partial charge in [0.05, 0.1) is 16.4 Å². The fourth-order valence-electron chi connectivity index (χ4n) is 8.85. The van der Waals surface area contributed by atoms with Crippen LogP contribution in [0, 0.1) is 0 Å². The van der Waals surface area contributed by atoms with Gasteiger partial charge in [-0.3, -0.25) is 0 Å². The molecule has 0 radical (unpaired) electrons. The molecule has 0 aliphatic heterocycles. The molecule has 0 spiro atoms. The second-order valence-corrected chi connectivity index (χ2v) is 15.1. The summed E-state index contributed by atoms with van der Waals surface area (Å²) in [5, 5.41) is 4.37. The lowest BCUT2D eigenvalue weighted by molar-refractivity contribution is 0.619. The quantitative estimate of drug-likeness (QED) is 0.162. The molecule has 9 aromatic carbocycles.